The fourth-order valence-electron chi connectivity index (χ4n) is 12.3. The number of carbonyl (C=O) groups excluding carboxylic acids is 13. The Morgan fingerprint density at radius 1 is 0.615 bits per heavy atom. The molecule has 109 heavy (non-hydrogen) atoms. The van der Waals surface area contributed by atoms with Gasteiger partial charge in [0.25, 0.3) is 0 Å². The van der Waals surface area contributed by atoms with Crippen LogP contribution in [-0.4, -0.2) is 251 Å². The largest absolute Gasteiger partial charge is 0.481 e. The maximum absolute atomic E-state index is 15.1. The minimum Gasteiger partial charge on any atom is -0.481 e. The van der Waals surface area contributed by atoms with E-state index in [1.807, 2.05) is 6.92 Å². The number of aliphatic hydroxyl groups is 1. The molecule has 13 amide bonds. The number of aliphatic hydroxyl groups excluding tert-OH is 1. The summed E-state index contributed by atoms with van der Waals surface area (Å²) in [7, 11) is 1.77. The van der Waals surface area contributed by atoms with Gasteiger partial charge in [0.05, 0.1) is 31.0 Å². The highest BCUT2D eigenvalue weighted by Gasteiger charge is 2.46. The molecular weight excluding hydrogens is 1460 g/mol. The number of nitrogens with one attached hydrogen (secondary N) is 13. The van der Waals surface area contributed by atoms with E-state index in [1.54, 1.807) is 60.7 Å². The van der Waals surface area contributed by atoms with Gasteiger partial charge in [-0.2, -0.15) is 0 Å². The first-order valence-corrected chi connectivity index (χ1v) is 38.1. The molecule has 0 bridgehead atoms. The molecular formula is C69H96N18O20S2. The number of nitrogens with two attached hydrogens (primary N) is 2. The van der Waals surface area contributed by atoms with Crippen molar-refractivity contribution in [1.82, 2.24) is 78.3 Å². The van der Waals surface area contributed by atoms with Crippen LogP contribution in [0.25, 0.3) is 0 Å². The van der Waals surface area contributed by atoms with Crippen molar-refractivity contribution in [3.05, 3.63) is 90.0 Å². The summed E-state index contributed by atoms with van der Waals surface area (Å²) in [6.07, 6.45) is -1.19. The number of aliphatic carboxylic acids is 3. The number of unbranched alkanes of at least 4 members (excludes halogenated alkanes) is 2. The Hall–Kier alpha value is -10.9. The van der Waals surface area contributed by atoms with Crippen LogP contribution in [0.15, 0.2) is 73.2 Å². The van der Waals surface area contributed by atoms with E-state index in [4.69, 9.17) is 16.9 Å². The fraction of sp³-hybridized carbons (Fsp3) is 0.536. The number of fused-ring (bicyclic) bond motifs is 2. The number of imidazole rings is 1. The van der Waals surface area contributed by atoms with E-state index >= 15 is 9.59 Å². The summed E-state index contributed by atoms with van der Waals surface area (Å²) in [6.45, 7) is 3.18. The van der Waals surface area contributed by atoms with Gasteiger partial charge < -0.3 is 105 Å². The second-order valence-corrected chi connectivity index (χ2v) is 29.0. The van der Waals surface area contributed by atoms with E-state index in [-0.39, 0.29) is 76.0 Å². The molecule has 594 valence electrons. The molecule has 4 heterocycles. The number of amides is 13. The number of H-pyrrole nitrogens is 1. The van der Waals surface area contributed by atoms with Gasteiger partial charge in [0.2, 0.25) is 76.8 Å². The van der Waals surface area contributed by atoms with Crippen molar-refractivity contribution in [2.75, 3.05) is 31.1 Å². The molecule has 38 nitrogen and oxygen atoms in total. The highest BCUT2D eigenvalue weighted by atomic mass is 33.1. The lowest BCUT2D eigenvalue weighted by Gasteiger charge is -2.33. The maximum atomic E-state index is 15.1. The third kappa shape index (κ3) is 28.3. The lowest BCUT2D eigenvalue weighted by molar-refractivity contribution is -0.148. The molecule has 6 rings (SSSR count). The number of hydrogen-bond donors (Lipinski definition) is 19. The molecule has 3 aromatic rings. The highest BCUT2D eigenvalue weighted by molar-refractivity contribution is 8.76. The van der Waals surface area contributed by atoms with Crippen LogP contribution in [0.3, 0.4) is 0 Å². The molecule has 21 N–H and O–H groups in total. The summed E-state index contributed by atoms with van der Waals surface area (Å²) in [5, 5.41) is 75.6. The number of benzene rings is 2. The molecule has 0 aliphatic carbocycles. The Bertz CT molecular complexity index is 3710. The van der Waals surface area contributed by atoms with Crippen molar-refractivity contribution < 1.29 is 97.1 Å². The number of aromatic nitrogens is 2. The summed E-state index contributed by atoms with van der Waals surface area (Å²) in [5.41, 5.74) is 11.8. The minimum atomic E-state index is -2.14. The summed E-state index contributed by atoms with van der Waals surface area (Å²) >= 11 is 0. The van der Waals surface area contributed by atoms with Crippen molar-refractivity contribution in [2.24, 2.45) is 11.5 Å². The molecule has 13 atom stereocenters. The zero-order chi connectivity index (χ0) is 79.9. The number of rotatable bonds is 34. The fourth-order valence-corrected chi connectivity index (χ4v) is 14.6. The van der Waals surface area contributed by atoms with Gasteiger partial charge in [-0.1, -0.05) is 102 Å². The zero-order valence-electron chi connectivity index (χ0n) is 60.1. The molecule has 3 fully saturated rings. The molecule has 1 aromatic heterocycles. The van der Waals surface area contributed by atoms with E-state index in [1.165, 1.54) is 22.3 Å². The molecule has 40 heteroatoms. The lowest BCUT2D eigenvalue weighted by atomic mass is 10.0. The number of aromatic amines is 1. The first-order chi connectivity index (χ1) is 51.9. The van der Waals surface area contributed by atoms with Gasteiger partial charge in [-0.3, -0.25) is 82.1 Å². The third-order valence-electron chi connectivity index (χ3n) is 17.9. The number of primary amides is 1. The Morgan fingerprint density at radius 3 is 1.77 bits per heavy atom. The average molecular weight is 1560 g/mol. The summed E-state index contributed by atoms with van der Waals surface area (Å²) < 4.78 is 0. The van der Waals surface area contributed by atoms with Crippen LogP contribution in [0.1, 0.15) is 121 Å². The second kappa shape index (κ2) is 43.8. The van der Waals surface area contributed by atoms with E-state index in [0.29, 0.717) is 36.8 Å². The molecule has 0 unspecified atom stereocenters. The van der Waals surface area contributed by atoms with Gasteiger partial charge >= 0.3 is 17.9 Å². The number of carboxylic acids is 3. The maximum Gasteiger partial charge on any atom is 0.305 e. The van der Waals surface area contributed by atoms with E-state index in [0.717, 1.165) is 34.9 Å². The van der Waals surface area contributed by atoms with Crippen LogP contribution >= 0.6 is 21.6 Å². The Balaban J connectivity index is 1.38. The monoisotopic (exact) mass is 1560 g/mol. The van der Waals surface area contributed by atoms with Crippen molar-refractivity contribution in [3.63, 3.8) is 0 Å². The van der Waals surface area contributed by atoms with Crippen LogP contribution in [0.2, 0.25) is 0 Å². The average Bonchev–Trinajstić information content (AvgIpc) is 1.68. The van der Waals surface area contributed by atoms with Crippen LogP contribution in [0.4, 0.5) is 0 Å². The lowest BCUT2D eigenvalue weighted by Crippen LogP contribution is -2.62. The molecule has 3 aliphatic heterocycles. The van der Waals surface area contributed by atoms with Crippen LogP contribution in [0.5, 0.6) is 0 Å². The molecule has 3 aliphatic rings. The molecule has 2 aromatic carbocycles. The molecule has 0 spiro atoms. The van der Waals surface area contributed by atoms with Gasteiger partial charge in [-0.15, -0.1) is 0 Å². The first-order valence-electron chi connectivity index (χ1n) is 35.6. The van der Waals surface area contributed by atoms with E-state index < -0.39 is 217 Å². The van der Waals surface area contributed by atoms with Crippen molar-refractivity contribution in [1.29, 1.82) is 5.41 Å². The summed E-state index contributed by atoms with van der Waals surface area (Å²) in [5.74, 6) is -19.0. The quantitative estimate of drug-likeness (QED) is 0.0118. The first kappa shape index (κ1) is 87.0. The third-order valence-corrected chi connectivity index (χ3v) is 20.4. The van der Waals surface area contributed by atoms with Gasteiger partial charge in [-0.05, 0) is 69.4 Å². The van der Waals surface area contributed by atoms with Crippen molar-refractivity contribution in [3.8, 4) is 0 Å². The number of hydrogen-bond acceptors (Lipinski definition) is 21. The predicted octanol–water partition coefficient (Wildman–Crippen LogP) is -3.81. The Morgan fingerprint density at radius 2 is 1.17 bits per heavy atom. The topological polar surface area (TPSA) is 597 Å². The molecule has 0 radical (unpaired) electrons. The van der Waals surface area contributed by atoms with Crippen molar-refractivity contribution >= 4 is 122 Å². The zero-order valence-corrected chi connectivity index (χ0v) is 61.8. The Labute approximate surface area is 634 Å². The van der Waals surface area contributed by atoms with E-state index in [9.17, 15) is 87.5 Å². The summed E-state index contributed by atoms with van der Waals surface area (Å²) in [4.78, 5) is 233. The minimum absolute atomic E-state index is 0.0101. The van der Waals surface area contributed by atoms with Crippen LogP contribution in [0, 0.1) is 5.41 Å². The number of carboxylic acid groups (broad SMARTS) is 3. The van der Waals surface area contributed by atoms with Crippen molar-refractivity contribution in [2.45, 2.75) is 202 Å². The number of carbonyl (C=O) groups is 16. The molecule has 3 saturated heterocycles. The number of guanidine groups is 1. The number of nitrogens with zero attached hydrogens (tertiary/aromatic N) is 3. The Kier molecular flexibility index (Phi) is 35.0. The SMILES string of the molecule is CCCCCC(=O)N[C@H]1CSSC[C@@H](C(=O)N[C@@H](CC(=O)O)C(=O)N[C@@H](Cc2c[nH]cn2)C(=O)N[C@@H](Cc2ccccc2)C(=O)N[C@@H](CCCNC(=N)N)C(=O)N[C@@H](CC(=O)O)C(N)=O)NC(=O)[C@H](Cc2ccccc2)NC(=O)[C@H](CCC(=O)O)NC(=O)[C@H]([C@@H](C)O)NC(=O)[C@@H]2CCCN2C(=O)[C@@H]2CCCN2C1=O. The van der Waals surface area contributed by atoms with Gasteiger partial charge in [0.1, 0.15) is 72.5 Å². The predicted molar refractivity (Wildman–Crippen MR) is 392 cm³/mol. The van der Waals surface area contributed by atoms with E-state index in [2.05, 4.69) is 68.5 Å². The standard InChI is InChI=1S/C69H96N18O20S2/c1-3-4-7-22-52(89)76-49-35-109-108-34-48(84-61(100)45(29-39-17-10-6-11-18-39)80-59(98)42(23-24-53(90)91)78-66(105)56(37(2)88)85-65(104)50-20-13-26-86(50)68(107)51-21-14-27-87(51)67(49)106)64(103)83-47(32-55(94)95)63(102)82-46(30-40-33-73-36-75-40)62(101)81-44(28-38-15-8-5-9-16-38)60(99)77-41(19-12-25-74-69(71)72)58(97)79-43(57(70)96)31-54(92)93/h5-6,8-11,15-18,33,36-37,41-51,56,88H,3-4,7,12-14,19-32,34-35H2,1-2H3,(H2,70,96)(H,73,75)(H,76,89)(H,77,99)(H,78,105)(H,79,97)(H,80,98)(H,81,101)(H,82,102)(H,83,103)(H,84,100)(H,85,104)(H,90,91)(H,92,93)(H,94,95)(H4,71,72,74)/t37-,41+,42+,43+,44+,45+,46+,47+,48+,49+,50+,51+,56+/m1/s1. The van der Waals surface area contributed by atoms with Crippen LogP contribution < -0.4 is 70.0 Å². The van der Waals surface area contributed by atoms with Gasteiger partial charge in [-0.25, -0.2) is 4.98 Å². The smallest absolute Gasteiger partial charge is 0.305 e. The highest BCUT2D eigenvalue weighted by Crippen LogP contribution is 2.29. The van der Waals surface area contributed by atoms with Gasteiger partial charge in [0, 0.05) is 69.4 Å². The molecule has 0 saturated carbocycles. The second-order valence-electron chi connectivity index (χ2n) is 26.4. The van der Waals surface area contributed by atoms with Crippen LogP contribution in [-0.2, 0) is 96.0 Å². The normalized spacial score (nSPS) is 21.2. The van der Waals surface area contributed by atoms with Gasteiger partial charge in [0.15, 0.2) is 5.96 Å². The summed E-state index contributed by atoms with van der Waals surface area (Å²) in [6, 6.07) is -3.74.